The lowest BCUT2D eigenvalue weighted by molar-refractivity contribution is 0.304. The summed E-state index contributed by atoms with van der Waals surface area (Å²) in [6.45, 7) is 5.35. The van der Waals surface area contributed by atoms with Gasteiger partial charge < -0.3 is 4.74 Å². The average molecular weight is 445 g/mol. The Morgan fingerprint density at radius 2 is 1.39 bits per heavy atom. The fourth-order valence-corrected chi connectivity index (χ4v) is 4.82. The maximum atomic E-state index is 5.90. The third-order valence-electron chi connectivity index (χ3n) is 7.04. The molecule has 0 heterocycles. The predicted octanol–water partition coefficient (Wildman–Crippen LogP) is 9.09. The van der Waals surface area contributed by atoms with Gasteiger partial charge in [0, 0.05) is 11.5 Å². The zero-order valence-electron chi connectivity index (χ0n) is 21.1. The number of rotatable bonds is 12. The van der Waals surface area contributed by atoms with Crippen molar-refractivity contribution in [3.8, 4) is 17.6 Å². The summed E-state index contributed by atoms with van der Waals surface area (Å²) in [4.78, 5) is 0. The lowest BCUT2D eigenvalue weighted by Crippen LogP contribution is -2.12. The van der Waals surface area contributed by atoms with Crippen molar-refractivity contribution in [2.45, 2.75) is 103 Å². The fraction of sp³-hybridized carbons (Fsp3) is 0.562. The van der Waals surface area contributed by atoms with Crippen LogP contribution in [0, 0.1) is 17.8 Å². The van der Waals surface area contributed by atoms with Crippen LogP contribution in [0.3, 0.4) is 0 Å². The van der Waals surface area contributed by atoms with Gasteiger partial charge in [0.05, 0.1) is 6.61 Å². The molecule has 178 valence electrons. The molecule has 0 radical (unpaired) electrons. The Bertz CT molecular complexity index is 829. The SMILES string of the molecule is CCCCCCOc1ccc([C@H]2CC[C@H](C#Cc3ccc(CCCCCC)cc3)CC2)cc1. The molecule has 0 bridgehead atoms. The Balaban J connectivity index is 1.39. The number of ether oxygens (including phenoxy) is 1. The second-order valence-electron chi connectivity index (χ2n) is 9.80. The lowest BCUT2D eigenvalue weighted by atomic mass is 9.79. The number of benzene rings is 2. The molecule has 0 amide bonds. The molecular formula is C32H44O. The maximum absolute atomic E-state index is 5.90. The van der Waals surface area contributed by atoms with Crippen molar-refractivity contribution in [3.63, 3.8) is 0 Å². The van der Waals surface area contributed by atoms with Crippen LogP contribution >= 0.6 is 0 Å². The number of hydrogen-bond donors (Lipinski definition) is 0. The zero-order chi connectivity index (χ0) is 23.1. The highest BCUT2D eigenvalue weighted by molar-refractivity contribution is 5.37. The molecule has 0 aliphatic heterocycles. The van der Waals surface area contributed by atoms with Gasteiger partial charge in [-0.2, -0.15) is 0 Å². The monoisotopic (exact) mass is 444 g/mol. The molecule has 2 aromatic rings. The molecule has 0 atom stereocenters. The van der Waals surface area contributed by atoms with Crippen LogP contribution in [0.15, 0.2) is 48.5 Å². The van der Waals surface area contributed by atoms with Crippen molar-refractivity contribution in [2.75, 3.05) is 6.61 Å². The highest BCUT2D eigenvalue weighted by Crippen LogP contribution is 2.36. The first-order chi connectivity index (χ1) is 16.3. The summed E-state index contributed by atoms with van der Waals surface area (Å²) in [5.74, 6) is 9.24. The van der Waals surface area contributed by atoms with Crippen molar-refractivity contribution in [1.29, 1.82) is 0 Å². The average Bonchev–Trinajstić information content (AvgIpc) is 2.87. The molecule has 1 nitrogen and oxygen atoms in total. The fourth-order valence-electron chi connectivity index (χ4n) is 4.82. The summed E-state index contributed by atoms with van der Waals surface area (Å²) in [6, 6.07) is 17.8. The Kier molecular flexibility index (Phi) is 11.4. The van der Waals surface area contributed by atoms with Gasteiger partial charge >= 0.3 is 0 Å². The van der Waals surface area contributed by atoms with Crippen LogP contribution in [0.4, 0.5) is 0 Å². The summed E-state index contributed by atoms with van der Waals surface area (Å²) in [5, 5.41) is 0. The second-order valence-corrected chi connectivity index (χ2v) is 9.80. The Morgan fingerprint density at radius 3 is 2.06 bits per heavy atom. The van der Waals surface area contributed by atoms with Crippen molar-refractivity contribution in [3.05, 3.63) is 65.2 Å². The van der Waals surface area contributed by atoms with Crippen LogP contribution in [0.5, 0.6) is 5.75 Å². The molecule has 33 heavy (non-hydrogen) atoms. The standard InChI is InChI=1S/C32H44O/c1-3-5-7-9-11-27-12-14-28(15-13-27)16-17-29-18-20-30(21-19-29)31-22-24-32(25-23-31)33-26-10-8-6-4-2/h12-15,22-25,29-30H,3-11,18-21,26H2,1-2H3/t29-,30-. The summed E-state index contributed by atoms with van der Waals surface area (Å²) in [5.41, 5.74) is 4.08. The molecule has 0 aromatic heterocycles. The molecule has 1 heteroatoms. The van der Waals surface area contributed by atoms with Gasteiger partial charge in [-0.25, -0.2) is 0 Å². The third kappa shape index (κ3) is 9.29. The van der Waals surface area contributed by atoms with E-state index in [1.54, 1.807) is 0 Å². The molecule has 2 aromatic carbocycles. The molecular weight excluding hydrogens is 400 g/mol. The van der Waals surface area contributed by atoms with Gasteiger partial charge in [0.2, 0.25) is 0 Å². The predicted molar refractivity (Wildman–Crippen MR) is 142 cm³/mol. The van der Waals surface area contributed by atoms with Crippen molar-refractivity contribution in [1.82, 2.24) is 0 Å². The Morgan fingerprint density at radius 1 is 0.727 bits per heavy atom. The lowest BCUT2D eigenvalue weighted by Gasteiger charge is -2.26. The van der Waals surface area contributed by atoms with E-state index in [-0.39, 0.29) is 0 Å². The van der Waals surface area contributed by atoms with E-state index >= 15 is 0 Å². The molecule has 3 rings (SSSR count). The van der Waals surface area contributed by atoms with Gasteiger partial charge in [0.25, 0.3) is 0 Å². The minimum atomic E-state index is 0.542. The van der Waals surface area contributed by atoms with E-state index in [9.17, 15) is 0 Å². The van der Waals surface area contributed by atoms with Crippen LogP contribution in [0.25, 0.3) is 0 Å². The summed E-state index contributed by atoms with van der Waals surface area (Å²) < 4.78 is 5.90. The van der Waals surface area contributed by atoms with Crippen LogP contribution in [-0.4, -0.2) is 6.61 Å². The molecule has 1 aliphatic carbocycles. The molecule has 0 unspecified atom stereocenters. The van der Waals surface area contributed by atoms with Gasteiger partial charge in [-0.3, -0.25) is 0 Å². The molecule has 1 fully saturated rings. The minimum Gasteiger partial charge on any atom is -0.494 e. The molecule has 0 saturated heterocycles. The van der Waals surface area contributed by atoms with Crippen LogP contribution < -0.4 is 4.74 Å². The molecule has 1 saturated carbocycles. The van der Waals surface area contributed by atoms with E-state index in [2.05, 4.69) is 74.2 Å². The first kappa shape index (κ1) is 25.4. The van der Waals surface area contributed by atoms with Crippen molar-refractivity contribution < 1.29 is 4.74 Å². The van der Waals surface area contributed by atoms with Crippen LogP contribution in [0.1, 0.15) is 114 Å². The van der Waals surface area contributed by atoms with E-state index in [4.69, 9.17) is 4.74 Å². The van der Waals surface area contributed by atoms with Gasteiger partial charge in [0.15, 0.2) is 0 Å². The Hall–Kier alpha value is -2.20. The highest BCUT2D eigenvalue weighted by Gasteiger charge is 2.21. The van der Waals surface area contributed by atoms with Gasteiger partial charge in [0.1, 0.15) is 5.75 Å². The second kappa shape index (κ2) is 14.8. The number of unbranched alkanes of at least 4 members (excludes halogenated alkanes) is 6. The van der Waals surface area contributed by atoms with E-state index < -0.39 is 0 Å². The summed E-state index contributed by atoms with van der Waals surface area (Å²) in [7, 11) is 0. The van der Waals surface area contributed by atoms with Crippen LogP contribution in [0.2, 0.25) is 0 Å². The quantitative estimate of drug-likeness (QED) is 0.234. The first-order valence-electron chi connectivity index (χ1n) is 13.6. The smallest absolute Gasteiger partial charge is 0.119 e. The molecule has 0 spiro atoms. The van der Waals surface area contributed by atoms with E-state index in [0.717, 1.165) is 18.8 Å². The van der Waals surface area contributed by atoms with Gasteiger partial charge in [-0.1, -0.05) is 88.5 Å². The first-order valence-corrected chi connectivity index (χ1v) is 13.6. The Labute approximate surface area is 203 Å². The maximum Gasteiger partial charge on any atom is 0.119 e. The normalized spacial score (nSPS) is 17.9. The number of aryl methyl sites for hydroxylation is 1. The van der Waals surface area contributed by atoms with E-state index in [1.807, 2.05) is 0 Å². The summed E-state index contributed by atoms with van der Waals surface area (Å²) in [6.07, 6.45) is 16.4. The third-order valence-corrected chi connectivity index (χ3v) is 7.04. The molecule has 0 N–H and O–H groups in total. The topological polar surface area (TPSA) is 9.23 Å². The van der Waals surface area contributed by atoms with Crippen molar-refractivity contribution in [2.24, 2.45) is 5.92 Å². The van der Waals surface area contributed by atoms with E-state index in [0.29, 0.717) is 11.8 Å². The van der Waals surface area contributed by atoms with Crippen molar-refractivity contribution >= 4 is 0 Å². The highest BCUT2D eigenvalue weighted by atomic mass is 16.5. The largest absolute Gasteiger partial charge is 0.494 e. The zero-order valence-corrected chi connectivity index (χ0v) is 21.1. The van der Waals surface area contributed by atoms with E-state index in [1.165, 1.54) is 93.7 Å². The van der Waals surface area contributed by atoms with Gasteiger partial charge in [-0.15, -0.1) is 0 Å². The minimum absolute atomic E-state index is 0.542. The van der Waals surface area contributed by atoms with Crippen LogP contribution in [-0.2, 0) is 6.42 Å². The summed E-state index contributed by atoms with van der Waals surface area (Å²) >= 11 is 0. The molecule has 1 aliphatic rings. The number of hydrogen-bond acceptors (Lipinski definition) is 1. The van der Waals surface area contributed by atoms with Gasteiger partial charge in [-0.05, 0) is 86.3 Å².